The molecule has 0 aliphatic heterocycles. The molecular formula is C26H33NO5. The van der Waals surface area contributed by atoms with E-state index in [0.717, 1.165) is 31.2 Å². The number of unbranched alkanes of at least 4 members (excludes halogenated alkanes) is 3. The van der Waals surface area contributed by atoms with Crippen molar-refractivity contribution in [2.75, 3.05) is 19.0 Å². The van der Waals surface area contributed by atoms with Crippen LogP contribution in [0, 0.1) is 0 Å². The van der Waals surface area contributed by atoms with E-state index in [1.807, 2.05) is 32.0 Å². The summed E-state index contributed by atoms with van der Waals surface area (Å²) in [6.45, 7) is 6.46. The van der Waals surface area contributed by atoms with Gasteiger partial charge >= 0.3 is 5.97 Å². The molecule has 0 heterocycles. The SMILES string of the molecule is CCCCCCOC(=O)c1ccc(NC(=O)/C=C/c2ccc(OC(C)C)c(OC)c2)cc1. The molecule has 2 aromatic rings. The van der Waals surface area contributed by atoms with E-state index in [1.54, 1.807) is 37.5 Å². The smallest absolute Gasteiger partial charge is 0.338 e. The Morgan fingerprint density at radius 3 is 2.41 bits per heavy atom. The van der Waals surface area contributed by atoms with Gasteiger partial charge in [-0.25, -0.2) is 4.79 Å². The minimum atomic E-state index is -0.349. The number of esters is 1. The molecule has 2 rings (SSSR count). The molecule has 0 bridgehead atoms. The number of nitrogens with one attached hydrogen (secondary N) is 1. The van der Waals surface area contributed by atoms with Crippen LogP contribution in [-0.2, 0) is 9.53 Å². The molecule has 172 valence electrons. The zero-order chi connectivity index (χ0) is 23.3. The fraction of sp³-hybridized carbons (Fsp3) is 0.385. The average molecular weight is 440 g/mol. The zero-order valence-electron chi connectivity index (χ0n) is 19.4. The molecule has 0 atom stereocenters. The van der Waals surface area contributed by atoms with Crippen LogP contribution in [0.4, 0.5) is 5.69 Å². The van der Waals surface area contributed by atoms with Crippen molar-refractivity contribution < 1.29 is 23.8 Å². The summed E-state index contributed by atoms with van der Waals surface area (Å²) in [7, 11) is 1.58. The molecule has 0 aliphatic rings. The van der Waals surface area contributed by atoms with E-state index in [-0.39, 0.29) is 18.0 Å². The number of hydrogen-bond donors (Lipinski definition) is 1. The molecule has 0 unspecified atom stereocenters. The van der Waals surface area contributed by atoms with Crippen LogP contribution in [0.3, 0.4) is 0 Å². The molecule has 6 heteroatoms. The number of ether oxygens (including phenoxy) is 3. The lowest BCUT2D eigenvalue weighted by Gasteiger charge is -2.13. The van der Waals surface area contributed by atoms with Crippen molar-refractivity contribution >= 4 is 23.6 Å². The van der Waals surface area contributed by atoms with E-state index in [4.69, 9.17) is 14.2 Å². The Labute approximate surface area is 190 Å². The monoisotopic (exact) mass is 439 g/mol. The highest BCUT2D eigenvalue weighted by molar-refractivity contribution is 6.02. The van der Waals surface area contributed by atoms with Gasteiger partial charge in [-0.05, 0) is 68.3 Å². The maximum Gasteiger partial charge on any atom is 0.338 e. The van der Waals surface area contributed by atoms with E-state index >= 15 is 0 Å². The molecule has 0 fully saturated rings. The van der Waals surface area contributed by atoms with Crippen LogP contribution < -0.4 is 14.8 Å². The molecule has 0 saturated carbocycles. The maximum atomic E-state index is 12.3. The minimum Gasteiger partial charge on any atom is -0.493 e. The average Bonchev–Trinajstić information content (AvgIpc) is 2.78. The first-order chi connectivity index (χ1) is 15.4. The molecule has 0 spiro atoms. The molecule has 1 amide bonds. The van der Waals surface area contributed by atoms with Gasteiger partial charge in [0.15, 0.2) is 11.5 Å². The second-order valence-corrected chi connectivity index (χ2v) is 7.67. The van der Waals surface area contributed by atoms with E-state index < -0.39 is 0 Å². The largest absolute Gasteiger partial charge is 0.493 e. The van der Waals surface area contributed by atoms with Gasteiger partial charge < -0.3 is 19.5 Å². The second kappa shape index (κ2) is 13.2. The lowest BCUT2D eigenvalue weighted by atomic mass is 10.1. The van der Waals surface area contributed by atoms with Crippen LogP contribution in [0.1, 0.15) is 62.4 Å². The molecule has 0 aromatic heterocycles. The lowest BCUT2D eigenvalue weighted by molar-refractivity contribution is -0.111. The van der Waals surface area contributed by atoms with E-state index in [0.29, 0.717) is 29.4 Å². The Morgan fingerprint density at radius 1 is 1.00 bits per heavy atom. The summed E-state index contributed by atoms with van der Waals surface area (Å²) in [5.41, 5.74) is 1.87. The predicted octanol–water partition coefficient (Wildman–Crippen LogP) is 5.87. The Bertz CT molecular complexity index is 903. The van der Waals surface area contributed by atoms with Gasteiger partial charge in [0.2, 0.25) is 5.91 Å². The maximum absolute atomic E-state index is 12.3. The van der Waals surface area contributed by atoms with Crippen molar-refractivity contribution in [2.24, 2.45) is 0 Å². The Hall–Kier alpha value is -3.28. The van der Waals surface area contributed by atoms with Gasteiger partial charge in [0.25, 0.3) is 0 Å². The number of rotatable bonds is 12. The number of hydrogen-bond acceptors (Lipinski definition) is 5. The number of carbonyl (C=O) groups excluding carboxylic acids is 2. The first-order valence-electron chi connectivity index (χ1n) is 11.0. The Balaban J connectivity index is 1.88. The third-order valence-electron chi connectivity index (χ3n) is 4.60. The van der Waals surface area contributed by atoms with Gasteiger partial charge in [0.05, 0.1) is 25.4 Å². The van der Waals surface area contributed by atoms with Crippen LogP contribution in [0.5, 0.6) is 11.5 Å². The fourth-order valence-corrected chi connectivity index (χ4v) is 2.96. The summed E-state index contributed by atoms with van der Waals surface area (Å²) in [5.74, 6) is 0.633. The molecule has 0 saturated heterocycles. The third kappa shape index (κ3) is 8.46. The van der Waals surface area contributed by atoms with Crippen LogP contribution in [0.2, 0.25) is 0 Å². The minimum absolute atomic E-state index is 0.0371. The van der Waals surface area contributed by atoms with Crippen LogP contribution >= 0.6 is 0 Å². The molecule has 32 heavy (non-hydrogen) atoms. The normalized spacial score (nSPS) is 10.9. The number of methoxy groups -OCH3 is 1. The number of benzene rings is 2. The Kier molecular flexibility index (Phi) is 10.3. The van der Waals surface area contributed by atoms with Gasteiger partial charge in [0, 0.05) is 11.8 Å². The van der Waals surface area contributed by atoms with Crippen molar-refractivity contribution in [3.63, 3.8) is 0 Å². The van der Waals surface area contributed by atoms with E-state index in [2.05, 4.69) is 12.2 Å². The van der Waals surface area contributed by atoms with Gasteiger partial charge in [-0.2, -0.15) is 0 Å². The summed E-state index contributed by atoms with van der Waals surface area (Å²) < 4.78 is 16.3. The predicted molar refractivity (Wildman–Crippen MR) is 127 cm³/mol. The van der Waals surface area contributed by atoms with E-state index in [1.165, 1.54) is 6.08 Å². The van der Waals surface area contributed by atoms with Crippen molar-refractivity contribution in [3.8, 4) is 11.5 Å². The quantitative estimate of drug-likeness (QED) is 0.254. The first kappa shape index (κ1) is 25.0. The van der Waals surface area contributed by atoms with Crippen LogP contribution in [0.15, 0.2) is 48.5 Å². The van der Waals surface area contributed by atoms with Gasteiger partial charge in [-0.3, -0.25) is 4.79 Å². The highest BCUT2D eigenvalue weighted by Gasteiger charge is 2.08. The van der Waals surface area contributed by atoms with Crippen molar-refractivity contribution in [2.45, 2.75) is 52.6 Å². The summed E-state index contributed by atoms with van der Waals surface area (Å²) in [5, 5.41) is 2.78. The Morgan fingerprint density at radius 2 is 1.75 bits per heavy atom. The van der Waals surface area contributed by atoms with Gasteiger partial charge in [0.1, 0.15) is 0 Å². The van der Waals surface area contributed by atoms with Crippen LogP contribution in [0.25, 0.3) is 6.08 Å². The second-order valence-electron chi connectivity index (χ2n) is 7.67. The molecule has 0 aliphatic carbocycles. The topological polar surface area (TPSA) is 73.9 Å². The number of anilines is 1. The standard InChI is InChI=1S/C26H33NO5/c1-5-6-7-8-17-31-26(29)21-11-13-22(14-12-21)27-25(28)16-10-20-9-15-23(32-19(2)3)24(18-20)30-4/h9-16,18-19H,5-8,17H2,1-4H3,(H,27,28)/b16-10+. The number of carbonyl (C=O) groups is 2. The molecule has 1 N–H and O–H groups in total. The third-order valence-corrected chi connectivity index (χ3v) is 4.60. The number of amides is 1. The van der Waals surface area contributed by atoms with Crippen molar-refractivity contribution in [1.82, 2.24) is 0 Å². The zero-order valence-corrected chi connectivity index (χ0v) is 19.4. The highest BCUT2D eigenvalue weighted by Crippen LogP contribution is 2.29. The summed E-state index contributed by atoms with van der Waals surface area (Å²) in [6.07, 6.45) is 7.40. The summed E-state index contributed by atoms with van der Waals surface area (Å²) in [4.78, 5) is 24.3. The first-order valence-corrected chi connectivity index (χ1v) is 11.0. The van der Waals surface area contributed by atoms with Crippen LogP contribution in [-0.4, -0.2) is 31.7 Å². The van der Waals surface area contributed by atoms with Gasteiger partial charge in [-0.15, -0.1) is 0 Å². The highest BCUT2D eigenvalue weighted by atomic mass is 16.5. The molecular weight excluding hydrogens is 406 g/mol. The summed E-state index contributed by atoms with van der Waals surface area (Å²) >= 11 is 0. The van der Waals surface area contributed by atoms with Crippen molar-refractivity contribution in [1.29, 1.82) is 0 Å². The van der Waals surface area contributed by atoms with E-state index in [9.17, 15) is 9.59 Å². The molecule has 0 radical (unpaired) electrons. The summed E-state index contributed by atoms with van der Waals surface area (Å²) in [6, 6.07) is 12.1. The molecule has 6 nitrogen and oxygen atoms in total. The van der Waals surface area contributed by atoms with Crippen molar-refractivity contribution in [3.05, 3.63) is 59.7 Å². The molecule has 2 aromatic carbocycles. The van der Waals surface area contributed by atoms with Gasteiger partial charge in [-0.1, -0.05) is 32.3 Å². The fourth-order valence-electron chi connectivity index (χ4n) is 2.96. The lowest BCUT2D eigenvalue weighted by Crippen LogP contribution is -2.09.